The summed E-state index contributed by atoms with van der Waals surface area (Å²) in [5.41, 5.74) is 0. The van der Waals surface area contributed by atoms with E-state index in [-0.39, 0.29) is 24.9 Å². The minimum absolute atomic E-state index is 0.0411. The smallest absolute Gasteiger partial charge is 0.305 e. The van der Waals surface area contributed by atoms with Crippen molar-refractivity contribution in [2.75, 3.05) is 19.8 Å². The lowest BCUT2D eigenvalue weighted by Gasteiger charge is -2.40. The van der Waals surface area contributed by atoms with Gasteiger partial charge in [0.05, 0.1) is 32.0 Å². The molecule has 0 radical (unpaired) electrons. The van der Waals surface area contributed by atoms with Gasteiger partial charge in [-0.25, -0.2) is 0 Å². The summed E-state index contributed by atoms with van der Waals surface area (Å²) in [6, 6.07) is -0.878. The average Bonchev–Trinajstić information content (AvgIpc) is 3.29. The molecule has 64 heavy (non-hydrogen) atoms. The number of ether oxygens (including phenoxy) is 3. The van der Waals surface area contributed by atoms with Gasteiger partial charge in [-0.3, -0.25) is 9.59 Å². The SMILES string of the molecule is CC/C=C/CC/C=C/CC/C=C/C(O)C(COC1OC(CO)C(O)C(O)C1O)NC(=O)CC/C=C\C/C=C\CCCCCCCCOC(=O)CCCCCCCCCCCCCCC. The zero-order valence-corrected chi connectivity index (χ0v) is 40.2. The van der Waals surface area contributed by atoms with E-state index in [2.05, 4.69) is 55.6 Å². The largest absolute Gasteiger partial charge is 0.466 e. The summed E-state index contributed by atoms with van der Waals surface area (Å²) in [7, 11) is 0. The van der Waals surface area contributed by atoms with Crippen LogP contribution in [0.25, 0.3) is 0 Å². The molecule has 7 atom stereocenters. The summed E-state index contributed by atoms with van der Waals surface area (Å²) in [6.45, 7) is 4.08. The number of rotatable bonds is 42. The first-order chi connectivity index (χ1) is 31.2. The highest BCUT2D eigenvalue weighted by molar-refractivity contribution is 5.76. The van der Waals surface area contributed by atoms with E-state index in [4.69, 9.17) is 14.2 Å². The van der Waals surface area contributed by atoms with E-state index in [0.717, 1.165) is 77.0 Å². The summed E-state index contributed by atoms with van der Waals surface area (Å²) in [5, 5.41) is 54.0. The van der Waals surface area contributed by atoms with Crippen LogP contribution in [0.3, 0.4) is 0 Å². The Morgan fingerprint density at radius 1 is 0.594 bits per heavy atom. The highest BCUT2D eigenvalue weighted by atomic mass is 16.7. The molecule has 0 saturated carbocycles. The number of allylic oxidation sites excluding steroid dienone is 9. The van der Waals surface area contributed by atoms with Crippen LogP contribution in [0.2, 0.25) is 0 Å². The van der Waals surface area contributed by atoms with Crippen LogP contribution in [0.15, 0.2) is 60.8 Å². The molecule has 0 aromatic heterocycles. The number of aliphatic hydroxyl groups excluding tert-OH is 5. The quantitative estimate of drug-likeness (QED) is 0.0197. The number of hydrogen-bond donors (Lipinski definition) is 6. The lowest BCUT2D eigenvalue weighted by molar-refractivity contribution is -0.302. The summed E-state index contributed by atoms with van der Waals surface area (Å²) in [6.07, 6.45) is 43.3. The van der Waals surface area contributed by atoms with Crippen LogP contribution in [0, 0.1) is 0 Å². The molecule has 11 heteroatoms. The molecule has 1 aliphatic rings. The number of nitrogens with one attached hydrogen (secondary N) is 1. The van der Waals surface area contributed by atoms with Crippen molar-refractivity contribution in [3.63, 3.8) is 0 Å². The average molecular weight is 904 g/mol. The van der Waals surface area contributed by atoms with Gasteiger partial charge in [-0.2, -0.15) is 0 Å². The second-order valence-corrected chi connectivity index (χ2v) is 17.5. The second kappa shape index (κ2) is 43.0. The first-order valence-electron chi connectivity index (χ1n) is 25.6. The second-order valence-electron chi connectivity index (χ2n) is 17.5. The Morgan fingerprint density at radius 2 is 1.12 bits per heavy atom. The third-order valence-electron chi connectivity index (χ3n) is 11.6. The van der Waals surface area contributed by atoms with Crippen molar-refractivity contribution in [2.45, 2.75) is 243 Å². The van der Waals surface area contributed by atoms with Gasteiger partial charge in [0.15, 0.2) is 6.29 Å². The fourth-order valence-corrected chi connectivity index (χ4v) is 7.52. The topological polar surface area (TPSA) is 175 Å². The van der Waals surface area contributed by atoms with Crippen LogP contribution in [0.1, 0.15) is 200 Å². The van der Waals surface area contributed by atoms with Crippen molar-refractivity contribution in [3.05, 3.63) is 60.8 Å². The van der Waals surface area contributed by atoms with Gasteiger partial charge in [-0.05, 0) is 70.6 Å². The molecule has 0 bridgehead atoms. The van der Waals surface area contributed by atoms with Crippen LogP contribution < -0.4 is 5.32 Å². The number of carbonyl (C=O) groups is 2. The number of hydrogen-bond acceptors (Lipinski definition) is 10. The molecule has 0 aromatic carbocycles. The minimum atomic E-state index is -1.60. The third-order valence-corrected chi connectivity index (χ3v) is 11.6. The molecule has 1 amide bonds. The van der Waals surface area contributed by atoms with Crippen molar-refractivity contribution >= 4 is 11.9 Å². The predicted molar refractivity (Wildman–Crippen MR) is 260 cm³/mol. The van der Waals surface area contributed by atoms with Crippen molar-refractivity contribution in [1.82, 2.24) is 5.32 Å². The summed E-state index contributed by atoms with van der Waals surface area (Å²) in [4.78, 5) is 25.0. The molecular formula is C53H93NO10. The minimum Gasteiger partial charge on any atom is -0.466 e. The van der Waals surface area contributed by atoms with Gasteiger partial charge in [-0.15, -0.1) is 0 Å². The maximum Gasteiger partial charge on any atom is 0.305 e. The lowest BCUT2D eigenvalue weighted by atomic mass is 9.99. The summed E-state index contributed by atoms with van der Waals surface area (Å²) in [5.74, 6) is -0.322. The van der Waals surface area contributed by atoms with Gasteiger partial charge >= 0.3 is 5.97 Å². The van der Waals surface area contributed by atoms with Gasteiger partial charge in [0.2, 0.25) is 5.91 Å². The molecular weight excluding hydrogens is 811 g/mol. The van der Waals surface area contributed by atoms with Crippen LogP contribution in [0.4, 0.5) is 0 Å². The zero-order valence-electron chi connectivity index (χ0n) is 40.2. The number of unbranched alkanes of at least 4 members (excludes halogenated alkanes) is 20. The van der Waals surface area contributed by atoms with Crippen LogP contribution >= 0.6 is 0 Å². The highest BCUT2D eigenvalue weighted by Crippen LogP contribution is 2.22. The first kappa shape index (κ1) is 59.4. The van der Waals surface area contributed by atoms with E-state index in [9.17, 15) is 35.1 Å². The van der Waals surface area contributed by atoms with E-state index < -0.39 is 49.5 Å². The molecule has 1 aliphatic heterocycles. The van der Waals surface area contributed by atoms with Gasteiger partial charge in [-0.1, -0.05) is 177 Å². The molecule has 1 rings (SSSR count). The number of amides is 1. The Kier molecular flexibility index (Phi) is 39.9. The first-order valence-corrected chi connectivity index (χ1v) is 25.6. The molecule has 11 nitrogen and oxygen atoms in total. The molecule has 6 N–H and O–H groups in total. The Bertz CT molecular complexity index is 1250. The van der Waals surface area contributed by atoms with Crippen LogP contribution in [0.5, 0.6) is 0 Å². The summed E-state index contributed by atoms with van der Waals surface area (Å²) >= 11 is 0. The maximum absolute atomic E-state index is 12.9. The lowest BCUT2D eigenvalue weighted by Crippen LogP contribution is -2.60. The monoisotopic (exact) mass is 904 g/mol. The number of aliphatic hydroxyl groups is 5. The fraction of sp³-hybridized carbons (Fsp3) is 0.774. The van der Waals surface area contributed by atoms with Crippen molar-refractivity contribution < 1.29 is 49.3 Å². The molecule has 1 heterocycles. The molecule has 1 saturated heterocycles. The van der Waals surface area contributed by atoms with Gasteiger partial charge in [0.25, 0.3) is 0 Å². The van der Waals surface area contributed by atoms with Crippen LogP contribution in [-0.4, -0.2) is 100 Å². The molecule has 0 aromatic rings. The Hall–Kier alpha value is -2.64. The zero-order chi connectivity index (χ0) is 46.7. The fourth-order valence-electron chi connectivity index (χ4n) is 7.52. The van der Waals surface area contributed by atoms with Crippen molar-refractivity contribution in [3.8, 4) is 0 Å². The van der Waals surface area contributed by atoms with E-state index in [0.29, 0.717) is 25.9 Å². The van der Waals surface area contributed by atoms with E-state index in [1.54, 1.807) is 6.08 Å². The van der Waals surface area contributed by atoms with Gasteiger partial charge < -0.3 is 45.1 Å². The Labute approximate surface area is 388 Å². The molecule has 0 aliphatic carbocycles. The van der Waals surface area contributed by atoms with E-state index in [1.165, 1.54) is 83.5 Å². The molecule has 370 valence electrons. The van der Waals surface area contributed by atoms with Crippen LogP contribution in [-0.2, 0) is 23.8 Å². The highest BCUT2D eigenvalue weighted by Gasteiger charge is 2.44. The number of carbonyl (C=O) groups excluding carboxylic acids is 2. The molecule has 0 spiro atoms. The van der Waals surface area contributed by atoms with Gasteiger partial charge in [0.1, 0.15) is 24.4 Å². The predicted octanol–water partition coefficient (Wildman–Crippen LogP) is 10.3. The Morgan fingerprint density at radius 3 is 1.73 bits per heavy atom. The van der Waals surface area contributed by atoms with E-state index in [1.807, 2.05) is 18.2 Å². The maximum atomic E-state index is 12.9. The van der Waals surface area contributed by atoms with E-state index >= 15 is 0 Å². The number of esters is 1. The normalized spacial score (nSPS) is 20.4. The van der Waals surface area contributed by atoms with Gasteiger partial charge in [0, 0.05) is 12.8 Å². The molecule has 1 fully saturated rings. The molecule has 7 unspecified atom stereocenters. The third kappa shape index (κ3) is 32.9. The standard InChI is InChI=1S/C53H93NO10/c1-3-5-7-9-11-13-15-17-21-25-29-33-37-41-49(58)62-42-38-34-30-26-22-19-16-18-20-24-28-32-36-40-48(57)54-45(44-63-53-52(61)51(60)50(59)47(43-55)64-53)46(56)39-35-31-27-23-14-12-10-8-6-4-2/h6,8,14,18,20,23,28,32,35,39,45-47,50-53,55-56,59-61H,3-5,7,9-13,15-17,19,21-22,24-27,29-31,33-34,36-38,40-44H2,1-2H3,(H,54,57)/b8-6+,20-18-,23-14+,32-28-,39-35+. The van der Waals surface area contributed by atoms with Crippen molar-refractivity contribution in [2.24, 2.45) is 0 Å². The summed E-state index contributed by atoms with van der Waals surface area (Å²) < 4.78 is 16.6. The Balaban J connectivity index is 2.21. The van der Waals surface area contributed by atoms with Crippen molar-refractivity contribution in [1.29, 1.82) is 0 Å².